The number of rotatable bonds is 6. The van der Waals surface area contributed by atoms with E-state index in [-0.39, 0.29) is 6.04 Å². The summed E-state index contributed by atoms with van der Waals surface area (Å²) in [7, 11) is 4.97. The Kier molecular flexibility index (Phi) is 4.93. The van der Waals surface area contributed by atoms with Crippen molar-refractivity contribution in [3.8, 4) is 17.2 Å². The molecule has 4 nitrogen and oxygen atoms in total. The minimum absolute atomic E-state index is 0.136. The molecule has 2 aromatic rings. The molecular formula is C17H21NO3. The summed E-state index contributed by atoms with van der Waals surface area (Å²) in [5.41, 5.74) is 2.07. The monoisotopic (exact) mass is 287 g/mol. The lowest BCUT2D eigenvalue weighted by atomic mass is 10.1. The predicted molar refractivity (Wildman–Crippen MR) is 84.6 cm³/mol. The van der Waals surface area contributed by atoms with E-state index < -0.39 is 0 Å². The van der Waals surface area contributed by atoms with Gasteiger partial charge in [0.05, 0.1) is 27.0 Å². The van der Waals surface area contributed by atoms with Crippen LogP contribution in [0.3, 0.4) is 0 Å². The van der Waals surface area contributed by atoms with Crippen LogP contribution in [0.15, 0.2) is 42.5 Å². The van der Waals surface area contributed by atoms with Gasteiger partial charge in [-0.2, -0.15) is 0 Å². The van der Waals surface area contributed by atoms with Gasteiger partial charge in [-0.25, -0.2) is 0 Å². The molecule has 0 saturated heterocycles. The van der Waals surface area contributed by atoms with E-state index in [1.165, 1.54) is 5.56 Å². The van der Waals surface area contributed by atoms with Crippen molar-refractivity contribution in [1.29, 1.82) is 0 Å². The molecule has 0 radical (unpaired) electrons. The Bertz CT molecular complexity index is 581. The minimum Gasteiger partial charge on any atom is -0.497 e. The smallest absolute Gasteiger partial charge is 0.142 e. The Hall–Kier alpha value is -2.36. The van der Waals surface area contributed by atoms with Crippen molar-refractivity contribution in [3.63, 3.8) is 0 Å². The van der Waals surface area contributed by atoms with Crippen molar-refractivity contribution in [2.45, 2.75) is 13.0 Å². The molecule has 0 aliphatic heterocycles. The lowest BCUT2D eigenvalue weighted by molar-refractivity contribution is 0.404. The van der Waals surface area contributed by atoms with Crippen LogP contribution >= 0.6 is 0 Å². The molecular weight excluding hydrogens is 266 g/mol. The lowest BCUT2D eigenvalue weighted by Gasteiger charge is -2.19. The van der Waals surface area contributed by atoms with Crippen LogP contribution in [0.1, 0.15) is 18.5 Å². The average molecular weight is 287 g/mol. The van der Waals surface area contributed by atoms with E-state index in [2.05, 4.69) is 12.2 Å². The fourth-order valence-corrected chi connectivity index (χ4v) is 2.14. The number of benzene rings is 2. The van der Waals surface area contributed by atoms with Gasteiger partial charge in [-0.05, 0) is 36.8 Å². The molecule has 0 amide bonds. The van der Waals surface area contributed by atoms with E-state index in [0.29, 0.717) is 0 Å². The van der Waals surface area contributed by atoms with Crippen LogP contribution in [0, 0.1) is 0 Å². The zero-order valence-corrected chi connectivity index (χ0v) is 12.8. The standard InChI is InChI=1S/C17H21NO3/c1-12(13-5-7-14(19-2)8-6-13)18-16-11-15(20-3)9-10-17(16)21-4/h5-12,18H,1-4H3. The van der Waals surface area contributed by atoms with Gasteiger partial charge in [0.2, 0.25) is 0 Å². The summed E-state index contributed by atoms with van der Waals surface area (Å²) < 4.78 is 15.8. The fourth-order valence-electron chi connectivity index (χ4n) is 2.14. The van der Waals surface area contributed by atoms with Crippen LogP contribution < -0.4 is 19.5 Å². The van der Waals surface area contributed by atoms with Gasteiger partial charge in [-0.3, -0.25) is 0 Å². The summed E-state index contributed by atoms with van der Waals surface area (Å²) in [5, 5.41) is 3.44. The second-order valence-electron chi connectivity index (χ2n) is 4.71. The molecule has 21 heavy (non-hydrogen) atoms. The van der Waals surface area contributed by atoms with Crippen LogP contribution in [-0.4, -0.2) is 21.3 Å². The third-order valence-corrected chi connectivity index (χ3v) is 3.39. The van der Waals surface area contributed by atoms with E-state index >= 15 is 0 Å². The van der Waals surface area contributed by atoms with Gasteiger partial charge in [0.1, 0.15) is 17.2 Å². The largest absolute Gasteiger partial charge is 0.497 e. The molecule has 112 valence electrons. The first kappa shape index (κ1) is 15.0. The zero-order valence-electron chi connectivity index (χ0n) is 12.8. The summed E-state index contributed by atoms with van der Waals surface area (Å²) >= 11 is 0. The summed E-state index contributed by atoms with van der Waals surface area (Å²) in [6.45, 7) is 2.10. The molecule has 0 heterocycles. The first-order valence-electron chi connectivity index (χ1n) is 6.80. The van der Waals surface area contributed by atoms with E-state index in [4.69, 9.17) is 14.2 Å². The van der Waals surface area contributed by atoms with Crippen molar-refractivity contribution < 1.29 is 14.2 Å². The minimum atomic E-state index is 0.136. The molecule has 1 unspecified atom stereocenters. The Morgan fingerprint density at radius 1 is 0.810 bits per heavy atom. The average Bonchev–Trinajstić information content (AvgIpc) is 2.54. The maximum absolute atomic E-state index is 5.38. The first-order valence-corrected chi connectivity index (χ1v) is 6.80. The van der Waals surface area contributed by atoms with E-state index in [0.717, 1.165) is 22.9 Å². The fraction of sp³-hybridized carbons (Fsp3) is 0.294. The highest BCUT2D eigenvalue weighted by Gasteiger charge is 2.10. The summed E-state index contributed by atoms with van der Waals surface area (Å²) in [5.74, 6) is 2.43. The Labute approximate surface area is 125 Å². The van der Waals surface area contributed by atoms with E-state index in [1.807, 2.05) is 42.5 Å². The maximum Gasteiger partial charge on any atom is 0.142 e. The summed E-state index contributed by atoms with van der Waals surface area (Å²) in [4.78, 5) is 0. The van der Waals surface area contributed by atoms with Crippen LogP contribution in [0.5, 0.6) is 17.2 Å². The number of methoxy groups -OCH3 is 3. The summed E-state index contributed by atoms with van der Waals surface area (Å²) in [6.07, 6.45) is 0. The number of hydrogen-bond donors (Lipinski definition) is 1. The molecule has 0 bridgehead atoms. The van der Waals surface area contributed by atoms with Crippen LogP contribution in [0.4, 0.5) is 5.69 Å². The van der Waals surface area contributed by atoms with Crippen molar-refractivity contribution in [2.24, 2.45) is 0 Å². The Morgan fingerprint density at radius 2 is 1.43 bits per heavy atom. The SMILES string of the molecule is COc1ccc(C(C)Nc2cc(OC)ccc2OC)cc1. The summed E-state index contributed by atoms with van der Waals surface area (Å²) in [6, 6.07) is 13.8. The molecule has 0 aliphatic rings. The van der Waals surface area contributed by atoms with Crippen molar-refractivity contribution in [1.82, 2.24) is 0 Å². The van der Waals surface area contributed by atoms with Gasteiger partial charge < -0.3 is 19.5 Å². The first-order chi connectivity index (χ1) is 10.2. The second-order valence-corrected chi connectivity index (χ2v) is 4.71. The second kappa shape index (κ2) is 6.88. The molecule has 0 saturated carbocycles. The molecule has 0 aliphatic carbocycles. The number of nitrogens with one attached hydrogen (secondary N) is 1. The van der Waals surface area contributed by atoms with Crippen molar-refractivity contribution >= 4 is 5.69 Å². The van der Waals surface area contributed by atoms with Gasteiger partial charge >= 0.3 is 0 Å². The molecule has 1 atom stereocenters. The van der Waals surface area contributed by atoms with Gasteiger partial charge in [0.15, 0.2) is 0 Å². The molecule has 1 N–H and O–H groups in total. The molecule has 4 heteroatoms. The Balaban J connectivity index is 2.19. The third kappa shape index (κ3) is 3.60. The maximum atomic E-state index is 5.38. The quantitative estimate of drug-likeness (QED) is 0.875. The molecule has 0 spiro atoms. The lowest BCUT2D eigenvalue weighted by Crippen LogP contribution is -2.07. The Morgan fingerprint density at radius 3 is 2.00 bits per heavy atom. The predicted octanol–water partition coefficient (Wildman–Crippen LogP) is 3.89. The van der Waals surface area contributed by atoms with E-state index in [1.54, 1.807) is 21.3 Å². The zero-order chi connectivity index (χ0) is 15.2. The number of anilines is 1. The van der Waals surface area contributed by atoms with Crippen molar-refractivity contribution in [2.75, 3.05) is 26.6 Å². The van der Waals surface area contributed by atoms with Gasteiger partial charge in [0, 0.05) is 12.1 Å². The van der Waals surface area contributed by atoms with E-state index in [9.17, 15) is 0 Å². The van der Waals surface area contributed by atoms with Gasteiger partial charge in [-0.1, -0.05) is 12.1 Å². The number of ether oxygens (including phenoxy) is 3. The highest BCUT2D eigenvalue weighted by atomic mass is 16.5. The molecule has 2 rings (SSSR count). The van der Waals surface area contributed by atoms with Gasteiger partial charge in [-0.15, -0.1) is 0 Å². The van der Waals surface area contributed by atoms with Crippen LogP contribution in [0.25, 0.3) is 0 Å². The van der Waals surface area contributed by atoms with Crippen molar-refractivity contribution in [3.05, 3.63) is 48.0 Å². The molecule has 0 aromatic heterocycles. The third-order valence-electron chi connectivity index (χ3n) is 3.39. The van der Waals surface area contributed by atoms with Crippen LogP contribution in [-0.2, 0) is 0 Å². The normalized spacial score (nSPS) is 11.6. The number of hydrogen-bond acceptors (Lipinski definition) is 4. The highest BCUT2D eigenvalue weighted by molar-refractivity contribution is 5.60. The molecule has 2 aromatic carbocycles. The van der Waals surface area contributed by atoms with Crippen LogP contribution in [0.2, 0.25) is 0 Å². The molecule has 0 fully saturated rings. The highest BCUT2D eigenvalue weighted by Crippen LogP contribution is 2.32. The topological polar surface area (TPSA) is 39.7 Å². The van der Waals surface area contributed by atoms with Gasteiger partial charge in [0.25, 0.3) is 0 Å².